The van der Waals surface area contributed by atoms with Crippen molar-refractivity contribution in [2.45, 2.75) is 13.8 Å². The van der Waals surface area contributed by atoms with Crippen LogP contribution in [0.25, 0.3) is 0 Å². The van der Waals surface area contributed by atoms with E-state index in [1.54, 1.807) is 13.8 Å². The lowest BCUT2D eigenvalue weighted by atomic mass is 10.1. The van der Waals surface area contributed by atoms with E-state index in [9.17, 15) is 30.1 Å². The van der Waals surface area contributed by atoms with Crippen LogP contribution in [-0.2, 0) is 0 Å². The minimum absolute atomic E-state index is 0.0361. The van der Waals surface area contributed by atoms with Gasteiger partial charge in [-0.1, -0.05) is 0 Å². The Kier molecular flexibility index (Phi) is 4.45. The lowest BCUT2D eigenvalue weighted by Gasteiger charge is -2.12. The maximum Gasteiger partial charge on any atom is 0.277 e. The average molecular weight is 331 g/mol. The second-order valence-electron chi connectivity index (χ2n) is 5.16. The van der Waals surface area contributed by atoms with Crippen LogP contribution in [0.15, 0.2) is 30.3 Å². The van der Waals surface area contributed by atoms with Crippen molar-refractivity contribution in [2.75, 3.05) is 5.32 Å². The maximum absolute atomic E-state index is 12.3. The molecule has 124 valence electrons. The highest BCUT2D eigenvalue weighted by Gasteiger charge is 2.20. The van der Waals surface area contributed by atoms with Crippen molar-refractivity contribution >= 4 is 23.0 Å². The summed E-state index contributed by atoms with van der Waals surface area (Å²) in [5.41, 5.74) is 0.290. The standard InChI is InChI=1S/C15H13N3O6/c1-8-3-13(19)4-9(2)14(8)16-15(20)10-5-11(17(21)22)7-12(6-10)18(23)24/h3-7,19H,1-2H3,(H,16,20). The van der Waals surface area contributed by atoms with Gasteiger partial charge in [0.25, 0.3) is 17.3 Å². The van der Waals surface area contributed by atoms with Crippen molar-refractivity contribution < 1.29 is 19.7 Å². The topological polar surface area (TPSA) is 136 Å². The maximum atomic E-state index is 12.3. The third-order valence-corrected chi connectivity index (χ3v) is 3.34. The monoisotopic (exact) mass is 331 g/mol. The molecule has 0 heterocycles. The number of carbonyl (C=O) groups is 1. The van der Waals surface area contributed by atoms with E-state index in [1.165, 1.54) is 12.1 Å². The predicted molar refractivity (Wildman–Crippen MR) is 85.3 cm³/mol. The molecule has 0 fully saturated rings. The fourth-order valence-corrected chi connectivity index (χ4v) is 2.26. The fraction of sp³-hybridized carbons (Fsp3) is 0.133. The number of anilines is 1. The summed E-state index contributed by atoms with van der Waals surface area (Å²) in [4.78, 5) is 32.5. The molecule has 0 aliphatic heterocycles. The molecule has 0 bridgehead atoms. The molecule has 9 heteroatoms. The van der Waals surface area contributed by atoms with Crippen LogP contribution < -0.4 is 5.32 Å². The first-order chi connectivity index (χ1) is 11.2. The zero-order chi connectivity index (χ0) is 18.0. The minimum atomic E-state index is -0.805. The van der Waals surface area contributed by atoms with E-state index in [0.717, 1.165) is 18.2 Å². The molecule has 0 radical (unpaired) electrons. The molecule has 0 aliphatic rings. The molecule has 0 atom stereocenters. The van der Waals surface area contributed by atoms with Gasteiger partial charge in [-0.05, 0) is 37.1 Å². The summed E-state index contributed by atoms with van der Waals surface area (Å²) in [6, 6.07) is 5.60. The Morgan fingerprint density at radius 1 is 0.958 bits per heavy atom. The van der Waals surface area contributed by atoms with E-state index in [0.29, 0.717) is 16.8 Å². The van der Waals surface area contributed by atoms with Crippen LogP contribution in [0.4, 0.5) is 17.1 Å². The van der Waals surface area contributed by atoms with Crippen LogP contribution in [0, 0.1) is 34.1 Å². The Morgan fingerprint density at radius 3 is 1.83 bits per heavy atom. The quantitative estimate of drug-likeness (QED) is 0.502. The molecule has 0 unspecified atom stereocenters. The molecule has 1 amide bonds. The highest BCUT2D eigenvalue weighted by molar-refractivity contribution is 6.06. The van der Waals surface area contributed by atoms with Crippen molar-refractivity contribution in [1.82, 2.24) is 0 Å². The Morgan fingerprint density at radius 2 is 1.42 bits per heavy atom. The highest BCUT2D eigenvalue weighted by atomic mass is 16.6. The Labute approximate surface area is 135 Å². The third kappa shape index (κ3) is 3.46. The SMILES string of the molecule is Cc1cc(O)cc(C)c1NC(=O)c1cc([N+](=O)[O-])cc([N+](=O)[O-])c1. The molecule has 0 spiro atoms. The summed E-state index contributed by atoms with van der Waals surface area (Å²) >= 11 is 0. The number of phenolic OH excluding ortho intramolecular Hbond substituents is 1. The number of hydrogen-bond donors (Lipinski definition) is 2. The van der Waals surface area contributed by atoms with E-state index >= 15 is 0 Å². The Bertz CT molecular complexity index is 807. The van der Waals surface area contributed by atoms with Crippen molar-refractivity contribution in [3.8, 4) is 5.75 Å². The molecule has 0 aliphatic carbocycles. The van der Waals surface area contributed by atoms with E-state index < -0.39 is 27.1 Å². The normalized spacial score (nSPS) is 10.2. The van der Waals surface area contributed by atoms with Gasteiger partial charge in [-0.2, -0.15) is 0 Å². The fourth-order valence-electron chi connectivity index (χ4n) is 2.26. The van der Waals surface area contributed by atoms with Gasteiger partial charge in [0, 0.05) is 17.8 Å². The van der Waals surface area contributed by atoms with E-state index in [1.807, 2.05) is 0 Å². The number of nitrogens with zero attached hydrogens (tertiary/aromatic N) is 2. The van der Waals surface area contributed by atoms with E-state index in [-0.39, 0.29) is 11.3 Å². The lowest BCUT2D eigenvalue weighted by Crippen LogP contribution is -2.14. The lowest BCUT2D eigenvalue weighted by molar-refractivity contribution is -0.394. The van der Waals surface area contributed by atoms with Crippen LogP contribution in [0.3, 0.4) is 0 Å². The molecule has 2 N–H and O–H groups in total. The summed E-state index contributed by atoms with van der Waals surface area (Å²) in [5.74, 6) is -0.687. The molecular formula is C15H13N3O6. The first-order valence-electron chi connectivity index (χ1n) is 6.74. The number of nitrogens with one attached hydrogen (secondary N) is 1. The summed E-state index contributed by atoms with van der Waals surface area (Å²) in [7, 11) is 0. The number of rotatable bonds is 4. The minimum Gasteiger partial charge on any atom is -0.508 e. The van der Waals surface area contributed by atoms with Crippen LogP contribution in [0.2, 0.25) is 0 Å². The van der Waals surface area contributed by atoms with Gasteiger partial charge >= 0.3 is 0 Å². The van der Waals surface area contributed by atoms with Crippen LogP contribution in [0.1, 0.15) is 21.5 Å². The predicted octanol–water partition coefficient (Wildman–Crippen LogP) is 3.08. The van der Waals surface area contributed by atoms with Gasteiger partial charge in [-0.15, -0.1) is 0 Å². The molecule has 0 aromatic heterocycles. The number of aromatic hydroxyl groups is 1. The Hall–Kier alpha value is -3.49. The van der Waals surface area contributed by atoms with Gasteiger partial charge in [0.2, 0.25) is 0 Å². The highest BCUT2D eigenvalue weighted by Crippen LogP contribution is 2.27. The summed E-state index contributed by atoms with van der Waals surface area (Å²) < 4.78 is 0. The number of phenols is 1. The van der Waals surface area contributed by atoms with Crippen molar-refractivity contribution in [1.29, 1.82) is 0 Å². The zero-order valence-electron chi connectivity index (χ0n) is 12.8. The third-order valence-electron chi connectivity index (χ3n) is 3.34. The number of benzene rings is 2. The van der Waals surface area contributed by atoms with Gasteiger partial charge in [0.05, 0.1) is 21.5 Å². The average Bonchev–Trinajstić information content (AvgIpc) is 2.49. The van der Waals surface area contributed by atoms with E-state index in [4.69, 9.17) is 0 Å². The van der Waals surface area contributed by atoms with Crippen molar-refractivity contribution in [3.63, 3.8) is 0 Å². The molecule has 9 nitrogen and oxygen atoms in total. The number of nitro benzene ring substituents is 2. The summed E-state index contributed by atoms with van der Waals surface area (Å²) in [6.07, 6.45) is 0. The number of aryl methyl sites for hydroxylation is 2. The van der Waals surface area contributed by atoms with Crippen molar-refractivity contribution in [3.05, 3.63) is 67.3 Å². The van der Waals surface area contributed by atoms with Gasteiger partial charge in [0.15, 0.2) is 0 Å². The molecule has 2 aromatic rings. The molecule has 0 saturated heterocycles. The molecule has 24 heavy (non-hydrogen) atoms. The van der Waals surface area contributed by atoms with Gasteiger partial charge in [-0.3, -0.25) is 25.0 Å². The molecular weight excluding hydrogens is 318 g/mol. The van der Waals surface area contributed by atoms with Crippen LogP contribution in [-0.4, -0.2) is 20.9 Å². The molecule has 2 rings (SSSR count). The first kappa shape index (κ1) is 16.9. The van der Waals surface area contributed by atoms with Gasteiger partial charge < -0.3 is 10.4 Å². The largest absolute Gasteiger partial charge is 0.508 e. The van der Waals surface area contributed by atoms with Gasteiger partial charge in [0.1, 0.15) is 5.75 Å². The first-order valence-corrected chi connectivity index (χ1v) is 6.74. The second-order valence-corrected chi connectivity index (χ2v) is 5.16. The number of nitro groups is 2. The summed E-state index contributed by atoms with van der Waals surface area (Å²) in [6.45, 7) is 3.33. The second kappa shape index (κ2) is 6.32. The molecule has 2 aromatic carbocycles. The summed E-state index contributed by atoms with van der Waals surface area (Å²) in [5, 5.41) is 33.8. The van der Waals surface area contributed by atoms with Gasteiger partial charge in [-0.25, -0.2) is 0 Å². The van der Waals surface area contributed by atoms with E-state index in [2.05, 4.69) is 5.32 Å². The number of hydrogen-bond acceptors (Lipinski definition) is 6. The van der Waals surface area contributed by atoms with Crippen LogP contribution in [0.5, 0.6) is 5.75 Å². The number of carbonyl (C=O) groups excluding carboxylic acids is 1. The Balaban J connectivity index is 2.43. The molecule has 0 saturated carbocycles. The number of non-ortho nitro benzene ring substituents is 2. The number of amides is 1. The van der Waals surface area contributed by atoms with Crippen LogP contribution >= 0.6 is 0 Å². The smallest absolute Gasteiger partial charge is 0.277 e. The van der Waals surface area contributed by atoms with Crippen molar-refractivity contribution in [2.24, 2.45) is 0 Å². The zero-order valence-corrected chi connectivity index (χ0v) is 12.8.